The quantitative estimate of drug-likeness (QED) is 0.158. The molecule has 0 N–H and O–H groups in total. The molecule has 0 spiro atoms. The Kier molecular flexibility index (Phi) is 9.43. The van der Waals surface area contributed by atoms with E-state index < -0.39 is 0 Å². The van der Waals surface area contributed by atoms with Crippen molar-refractivity contribution in [2.45, 2.75) is 50.1 Å². The summed E-state index contributed by atoms with van der Waals surface area (Å²) >= 11 is 7.46. The van der Waals surface area contributed by atoms with Crippen molar-refractivity contribution < 1.29 is 4.79 Å². The van der Waals surface area contributed by atoms with Crippen LogP contribution in [0, 0.1) is 0 Å². The molecule has 2 heterocycles. The van der Waals surface area contributed by atoms with Crippen molar-refractivity contribution in [3.63, 3.8) is 0 Å². The van der Waals surface area contributed by atoms with Crippen LogP contribution in [0.1, 0.15) is 60.0 Å². The molecule has 0 fully saturated rings. The van der Waals surface area contributed by atoms with E-state index >= 15 is 0 Å². The molecule has 0 atom stereocenters. The standard InChI is InChI=1S/C24H27ClN4O2S/c1-29-23(31)20(13-18-14-26-17-27-15-18)16-28-24(29)32-12-6-4-2-3-5-7-22(30)19-8-10-21(25)11-9-19/h8-11,14-17H,2-7,12-13H2,1H3. The molecule has 0 aliphatic rings. The van der Waals surface area contributed by atoms with Gasteiger partial charge in [-0.3, -0.25) is 14.2 Å². The first-order valence-corrected chi connectivity index (χ1v) is 12.1. The molecule has 3 rings (SSSR count). The molecule has 0 radical (unpaired) electrons. The maximum Gasteiger partial charge on any atom is 0.257 e. The Balaban J connectivity index is 1.33. The number of aromatic nitrogens is 4. The van der Waals surface area contributed by atoms with Crippen LogP contribution in [-0.2, 0) is 13.5 Å². The predicted octanol–water partition coefficient (Wildman–Crippen LogP) is 5.13. The van der Waals surface area contributed by atoms with Gasteiger partial charge in [-0.15, -0.1) is 0 Å². The lowest BCUT2D eigenvalue weighted by Crippen LogP contribution is -2.23. The van der Waals surface area contributed by atoms with E-state index in [9.17, 15) is 9.59 Å². The van der Waals surface area contributed by atoms with E-state index in [0.29, 0.717) is 23.4 Å². The van der Waals surface area contributed by atoms with E-state index in [1.165, 1.54) is 6.33 Å². The molecular formula is C24H27ClN4O2S. The lowest BCUT2D eigenvalue weighted by Gasteiger charge is -2.09. The molecule has 0 saturated carbocycles. The number of Topliss-reactive ketones (excluding diaryl/α,β-unsaturated/α-hetero) is 1. The Morgan fingerprint density at radius 3 is 2.44 bits per heavy atom. The molecule has 0 saturated heterocycles. The highest BCUT2D eigenvalue weighted by molar-refractivity contribution is 7.99. The second kappa shape index (κ2) is 12.5. The van der Waals surface area contributed by atoms with Crippen LogP contribution in [0.2, 0.25) is 5.02 Å². The zero-order chi connectivity index (χ0) is 22.8. The molecule has 2 aromatic heterocycles. The first-order chi connectivity index (χ1) is 15.5. The summed E-state index contributed by atoms with van der Waals surface area (Å²) in [5.41, 5.74) is 2.23. The van der Waals surface area contributed by atoms with Gasteiger partial charge in [0.2, 0.25) is 0 Å². The van der Waals surface area contributed by atoms with Gasteiger partial charge in [0.15, 0.2) is 10.9 Å². The average molecular weight is 471 g/mol. The number of thioether (sulfide) groups is 1. The summed E-state index contributed by atoms with van der Waals surface area (Å²) in [6.45, 7) is 0. The van der Waals surface area contributed by atoms with Gasteiger partial charge in [-0.05, 0) is 42.7 Å². The number of halogens is 1. The Hall–Kier alpha value is -2.51. The van der Waals surface area contributed by atoms with E-state index in [1.807, 2.05) is 0 Å². The minimum atomic E-state index is -0.0308. The van der Waals surface area contributed by atoms with Crippen LogP contribution in [0.25, 0.3) is 0 Å². The highest BCUT2D eigenvalue weighted by Gasteiger charge is 2.09. The highest BCUT2D eigenvalue weighted by Crippen LogP contribution is 2.18. The van der Waals surface area contributed by atoms with E-state index in [2.05, 4.69) is 15.0 Å². The van der Waals surface area contributed by atoms with Crippen molar-refractivity contribution >= 4 is 29.1 Å². The molecule has 8 heteroatoms. The minimum absolute atomic E-state index is 0.0308. The number of hydrogen-bond donors (Lipinski definition) is 0. The molecule has 0 aliphatic heterocycles. The van der Waals surface area contributed by atoms with Crippen molar-refractivity contribution in [2.75, 3.05) is 5.75 Å². The molecule has 6 nitrogen and oxygen atoms in total. The van der Waals surface area contributed by atoms with Gasteiger partial charge in [0.1, 0.15) is 6.33 Å². The van der Waals surface area contributed by atoms with Crippen molar-refractivity contribution in [1.82, 2.24) is 19.5 Å². The summed E-state index contributed by atoms with van der Waals surface area (Å²) in [6, 6.07) is 7.07. The Labute approximate surface area is 197 Å². The topological polar surface area (TPSA) is 77.7 Å². The number of ketones is 1. The molecule has 0 bridgehead atoms. The van der Waals surface area contributed by atoms with Gasteiger partial charge in [-0.2, -0.15) is 0 Å². The molecule has 3 aromatic rings. The molecule has 0 unspecified atom stereocenters. The van der Waals surface area contributed by atoms with Gasteiger partial charge in [-0.1, -0.05) is 42.6 Å². The number of rotatable bonds is 12. The summed E-state index contributed by atoms with van der Waals surface area (Å²) in [5.74, 6) is 1.09. The molecule has 168 valence electrons. The molecular weight excluding hydrogens is 444 g/mol. The Morgan fingerprint density at radius 1 is 1.00 bits per heavy atom. The molecule has 0 amide bonds. The monoisotopic (exact) mass is 470 g/mol. The second-order valence-electron chi connectivity index (χ2n) is 7.65. The summed E-state index contributed by atoms with van der Waals surface area (Å²) in [5, 5.41) is 1.38. The van der Waals surface area contributed by atoms with Gasteiger partial charge in [0.25, 0.3) is 5.56 Å². The lowest BCUT2D eigenvalue weighted by atomic mass is 10.0. The van der Waals surface area contributed by atoms with E-state index in [-0.39, 0.29) is 11.3 Å². The maximum absolute atomic E-state index is 12.6. The van der Waals surface area contributed by atoms with Gasteiger partial charge in [0, 0.05) is 60.4 Å². The maximum atomic E-state index is 12.6. The van der Waals surface area contributed by atoms with Crippen LogP contribution < -0.4 is 5.56 Å². The summed E-state index contributed by atoms with van der Waals surface area (Å²) in [7, 11) is 1.76. The largest absolute Gasteiger partial charge is 0.294 e. The van der Waals surface area contributed by atoms with E-state index in [1.54, 1.807) is 66.2 Å². The van der Waals surface area contributed by atoms with Crippen LogP contribution in [0.5, 0.6) is 0 Å². The smallest absolute Gasteiger partial charge is 0.257 e. The van der Waals surface area contributed by atoms with Crippen molar-refractivity contribution in [3.8, 4) is 0 Å². The van der Waals surface area contributed by atoms with Crippen molar-refractivity contribution in [1.29, 1.82) is 0 Å². The summed E-state index contributed by atoms with van der Waals surface area (Å²) < 4.78 is 1.62. The minimum Gasteiger partial charge on any atom is -0.294 e. The molecule has 1 aromatic carbocycles. The molecule has 32 heavy (non-hydrogen) atoms. The Bertz CT molecular complexity index is 1070. The SMILES string of the molecule is Cn1c(SCCCCCCCC(=O)c2ccc(Cl)cc2)ncc(Cc2cncnc2)c1=O. The first kappa shape index (κ1) is 24.1. The number of carbonyl (C=O) groups excluding carboxylic acids is 1. The van der Waals surface area contributed by atoms with Crippen LogP contribution >= 0.6 is 23.4 Å². The number of unbranched alkanes of at least 4 members (excludes halogenated alkanes) is 4. The Morgan fingerprint density at radius 2 is 1.69 bits per heavy atom. The summed E-state index contributed by atoms with van der Waals surface area (Å²) in [6.07, 6.45) is 12.8. The zero-order valence-electron chi connectivity index (χ0n) is 18.2. The fourth-order valence-electron chi connectivity index (χ4n) is 3.34. The number of hydrogen-bond acceptors (Lipinski definition) is 6. The number of carbonyl (C=O) groups is 1. The normalized spacial score (nSPS) is 10.9. The third-order valence-corrected chi connectivity index (χ3v) is 6.53. The van der Waals surface area contributed by atoms with Gasteiger partial charge in [-0.25, -0.2) is 15.0 Å². The van der Waals surface area contributed by atoms with Crippen molar-refractivity contribution in [3.05, 3.63) is 81.3 Å². The van der Waals surface area contributed by atoms with Crippen molar-refractivity contribution in [2.24, 2.45) is 7.05 Å². The molecule has 0 aliphatic carbocycles. The highest BCUT2D eigenvalue weighted by atomic mass is 35.5. The first-order valence-electron chi connectivity index (χ1n) is 10.7. The van der Waals surface area contributed by atoms with Crippen LogP contribution in [-0.4, -0.2) is 31.1 Å². The fraction of sp³-hybridized carbons (Fsp3) is 0.375. The third kappa shape index (κ3) is 7.28. The van der Waals surface area contributed by atoms with Gasteiger partial charge in [0.05, 0.1) is 0 Å². The van der Waals surface area contributed by atoms with Crippen LogP contribution in [0.15, 0.2) is 59.1 Å². The average Bonchev–Trinajstić information content (AvgIpc) is 2.81. The van der Waals surface area contributed by atoms with Crippen LogP contribution in [0.3, 0.4) is 0 Å². The number of nitrogens with zero attached hydrogens (tertiary/aromatic N) is 4. The summed E-state index contributed by atoms with van der Waals surface area (Å²) in [4.78, 5) is 37.2. The van der Waals surface area contributed by atoms with E-state index in [4.69, 9.17) is 11.6 Å². The van der Waals surface area contributed by atoms with Gasteiger partial charge >= 0.3 is 0 Å². The van der Waals surface area contributed by atoms with Crippen LogP contribution in [0.4, 0.5) is 0 Å². The number of benzene rings is 1. The second-order valence-corrected chi connectivity index (χ2v) is 9.15. The zero-order valence-corrected chi connectivity index (χ0v) is 19.7. The third-order valence-electron chi connectivity index (χ3n) is 5.15. The van der Waals surface area contributed by atoms with Gasteiger partial charge < -0.3 is 0 Å². The predicted molar refractivity (Wildman–Crippen MR) is 129 cm³/mol. The van der Waals surface area contributed by atoms with E-state index in [0.717, 1.165) is 54.1 Å². The fourth-order valence-corrected chi connectivity index (χ4v) is 4.40. The lowest BCUT2D eigenvalue weighted by molar-refractivity contribution is 0.0979.